The van der Waals surface area contributed by atoms with E-state index >= 15 is 0 Å². The van der Waals surface area contributed by atoms with Crippen LogP contribution < -0.4 is 5.56 Å². The summed E-state index contributed by atoms with van der Waals surface area (Å²) >= 11 is 0. The minimum absolute atomic E-state index is 0.168. The molecule has 0 aliphatic heterocycles. The number of aryl methyl sites for hydroxylation is 2. The van der Waals surface area contributed by atoms with Crippen molar-refractivity contribution in [3.63, 3.8) is 0 Å². The van der Waals surface area contributed by atoms with Crippen LogP contribution in [0, 0.1) is 6.92 Å². The largest absolute Gasteiger partial charge is 0.293 e. The Morgan fingerprint density at radius 3 is 2.68 bits per heavy atom. The monoisotopic (exact) mass is 255 g/mol. The molecule has 0 radical (unpaired) electrons. The van der Waals surface area contributed by atoms with E-state index in [2.05, 4.69) is 15.3 Å². The Kier molecular flexibility index (Phi) is 2.63. The van der Waals surface area contributed by atoms with Crippen LogP contribution in [-0.2, 0) is 13.6 Å². The Bertz CT molecular complexity index is 785. The molecule has 0 saturated carbocycles. The fourth-order valence-electron chi connectivity index (χ4n) is 1.95. The number of fused-ring (bicyclic) bond motifs is 1. The third-order valence-electron chi connectivity index (χ3n) is 3.05. The van der Waals surface area contributed by atoms with Gasteiger partial charge in [-0.1, -0.05) is 35.0 Å². The predicted octanol–water partition coefficient (Wildman–Crippen LogP) is 0.882. The van der Waals surface area contributed by atoms with Gasteiger partial charge in [0.2, 0.25) is 0 Å². The van der Waals surface area contributed by atoms with Crippen molar-refractivity contribution < 1.29 is 0 Å². The second kappa shape index (κ2) is 4.31. The first-order valence-electron chi connectivity index (χ1n) is 5.95. The van der Waals surface area contributed by atoms with Gasteiger partial charge in [0.25, 0.3) is 5.56 Å². The quantitative estimate of drug-likeness (QED) is 0.682. The SMILES string of the molecule is Cc1ccc(Cn2cnc3c(nnn3C)c2=O)cc1. The standard InChI is InChI=1S/C13H13N5O/c1-9-3-5-10(6-4-9)7-18-8-14-12-11(13(18)19)15-16-17(12)2/h3-6,8H,7H2,1-2H3. The molecule has 0 bridgehead atoms. The van der Waals surface area contributed by atoms with Gasteiger partial charge < -0.3 is 0 Å². The minimum Gasteiger partial charge on any atom is -0.293 e. The molecule has 0 N–H and O–H groups in total. The molecule has 0 atom stereocenters. The Labute approximate surface area is 109 Å². The molecule has 6 nitrogen and oxygen atoms in total. The highest BCUT2D eigenvalue weighted by molar-refractivity contribution is 5.67. The van der Waals surface area contributed by atoms with E-state index in [1.165, 1.54) is 16.6 Å². The lowest BCUT2D eigenvalue weighted by Gasteiger charge is -2.05. The highest BCUT2D eigenvalue weighted by Gasteiger charge is 2.09. The van der Waals surface area contributed by atoms with Gasteiger partial charge in [0.1, 0.15) is 6.33 Å². The fourth-order valence-corrected chi connectivity index (χ4v) is 1.95. The van der Waals surface area contributed by atoms with Gasteiger partial charge in [0.15, 0.2) is 11.2 Å². The second-order valence-electron chi connectivity index (χ2n) is 4.55. The van der Waals surface area contributed by atoms with Gasteiger partial charge in [-0.15, -0.1) is 5.10 Å². The maximum Gasteiger partial charge on any atom is 0.283 e. The Morgan fingerprint density at radius 1 is 1.21 bits per heavy atom. The highest BCUT2D eigenvalue weighted by Crippen LogP contribution is 2.05. The van der Waals surface area contributed by atoms with Crippen LogP contribution in [0.2, 0.25) is 0 Å². The molecule has 3 rings (SSSR count). The second-order valence-corrected chi connectivity index (χ2v) is 4.55. The van der Waals surface area contributed by atoms with Crippen molar-refractivity contribution in [1.29, 1.82) is 0 Å². The first-order chi connectivity index (χ1) is 9.15. The molecule has 19 heavy (non-hydrogen) atoms. The number of nitrogens with zero attached hydrogens (tertiary/aromatic N) is 5. The van der Waals surface area contributed by atoms with Gasteiger partial charge in [0.05, 0.1) is 6.54 Å². The maximum atomic E-state index is 12.2. The summed E-state index contributed by atoms with van der Waals surface area (Å²) in [5, 5.41) is 7.66. The average Bonchev–Trinajstić information content (AvgIpc) is 2.78. The number of hydrogen-bond donors (Lipinski definition) is 0. The van der Waals surface area contributed by atoms with Gasteiger partial charge in [-0.25, -0.2) is 9.67 Å². The zero-order valence-corrected chi connectivity index (χ0v) is 10.7. The van der Waals surface area contributed by atoms with E-state index < -0.39 is 0 Å². The molecular weight excluding hydrogens is 242 g/mol. The summed E-state index contributed by atoms with van der Waals surface area (Å²) in [5.41, 5.74) is 2.89. The van der Waals surface area contributed by atoms with E-state index in [9.17, 15) is 4.79 Å². The molecule has 3 aromatic rings. The lowest BCUT2D eigenvalue weighted by atomic mass is 10.1. The first kappa shape index (κ1) is 11.6. The van der Waals surface area contributed by atoms with E-state index in [0.717, 1.165) is 5.56 Å². The van der Waals surface area contributed by atoms with E-state index in [1.54, 1.807) is 11.6 Å². The van der Waals surface area contributed by atoms with E-state index in [0.29, 0.717) is 17.7 Å². The number of benzene rings is 1. The van der Waals surface area contributed by atoms with Crippen LogP contribution in [0.1, 0.15) is 11.1 Å². The van der Waals surface area contributed by atoms with E-state index in [4.69, 9.17) is 0 Å². The van der Waals surface area contributed by atoms with Gasteiger partial charge in [0, 0.05) is 7.05 Å². The van der Waals surface area contributed by atoms with Crippen LogP contribution in [-0.4, -0.2) is 24.5 Å². The molecule has 0 fully saturated rings. The molecule has 0 amide bonds. The number of aromatic nitrogens is 5. The number of hydrogen-bond acceptors (Lipinski definition) is 4. The van der Waals surface area contributed by atoms with Crippen molar-refractivity contribution in [2.75, 3.05) is 0 Å². The van der Waals surface area contributed by atoms with Crippen molar-refractivity contribution >= 4 is 11.2 Å². The normalized spacial score (nSPS) is 11.1. The number of rotatable bonds is 2. The van der Waals surface area contributed by atoms with Crippen LogP contribution in [0.15, 0.2) is 35.4 Å². The summed E-state index contributed by atoms with van der Waals surface area (Å²) in [6.45, 7) is 2.52. The van der Waals surface area contributed by atoms with E-state index in [-0.39, 0.29) is 5.56 Å². The molecule has 0 aliphatic carbocycles. The summed E-state index contributed by atoms with van der Waals surface area (Å²) in [6, 6.07) is 8.05. The lowest BCUT2D eigenvalue weighted by molar-refractivity contribution is 0.724. The van der Waals surface area contributed by atoms with Crippen molar-refractivity contribution in [3.05, 3.63) is 52.1 Å². The molecular formula is C13H13N5O. The maximum absolute atomic E-state index is 12.2. The predicted molar refractivity (Wildman–Crippen MR) is 70.8 cm³/mol. The molecule has 0 spiro atoms. The summed E-state index contributed by atoms with van der Waals surface area (Å²) in [4.78, 5) is 16.4. The summed E-state index contributed by atoms with van der Waals surface area (Å²) < 4.78 is 3.04. The van der Waals surface area contributed by atoms with Gasteiger partial charge >= 0.3 is 0 Å². The third kappa shape index (κ3) is 2.01. The van der Waals surface area contributed by atoms with Gasteiger partial charge in [-0.2, -0.15) is 0 Å². The first-order valence-corrected chi connectivity index (χ1v) is 5.95. The average molecular weight is 255 g/mol. The van der Waals surface area contributed by atoms with Crippen LogP contribution in [0.25, 0.3) is 11.2 Å². The molecule has 6 heteroatoms. The zero-order valence-electron chi connectivity index (χ0n) is 10.7. The van der Waals surface area contributed by atoms with Crippen LogP contribution >= 0.6 is 0 Å². The summed E-state index contributed by atoms with van der Waals surface area (Å²) in [6.07, 6.45) is 1.54. The third-order valence-corrected chi connectivity index (χ3v) is 3.05. The van der Waals surface area contributed by atoms with Crippen molar-refractivity contribution in [3.8, 4) is 0 Å². The minimum atomic E-state index is -0.168. The van der Waals surface area contributed by atoms with Crippen molar-refractivity contribution in [2.45, 2.75) is 13.5 Å². The van der Waals surface area contributed by atoms with E-state index in [1.807, 2.05) is 31.2 Å². The summed E-state index contributed by atoms with van der Waals surface area (Å²) in [5.74, 6) is 0. The smallest absolute Gasteiger partial charge is 0.283 e. The molecule has 0 unspecified atom stereocenters. The molecule has 1 aromatic carbocycles. The summed E-state index contributed by atoms with van der Waals surface area (Å²) in [7, 11) is 1.71. The molecule has 96 valence electrons. The molecule has 0 aliphatic rings. The van der Waals surface area contributed by atoms with Crippen molar-refractivity contribution in [2.24, 2.45) is 7.05 Å². The highest BCUT2D eigenvalue weighted by atomic mass is 16.1. The zero-order chi connectivity index (χ0) is 13.4. The van der Waals surface area contributed by atoms with Crippen molar-refractivity contribution in [1.82, 2.24) is 24.5 Å². The van der Waals surface area contributed by atoms with Gasteiger partial charge in [-0.3, -0.25) is 9.36 Å². The topological polar surface area (TPSA) is 65.6 Å². The molecule has 2 heterocycles. The molecule has 0 saturated heterocycles. The molecule has 2 aromatic heterocycles. The lowest BCUT2D eigenvalue weighted by Crippen LogP contribution is -2.21. The van der Waals surface area contributed by atoms with Crippen LogP contribution in [0.3, 0.4) is 0 Å². The Hall–Kier alpha value is -2.50. The van der Waals surface area contributed by atoms with Crippen LogP contribution in [0.5, 0.6) is 0 Å². The Balaban J connectivity index is 2.04. The fraction of sp³-hybridized carbons (Fsp3) is 0.231. The Morgan fingerprint density at radius 2 is 1.95 bits per heavy atom. The van der Waals surface area contributed by atoms with Crippen LogP contribution in [0.4, 0.5) is 0 Å². The van der Waals surface area contributed by atoms with Gasteiger partial charge in [-0.05, 0) is 12.5 Å².